The summed E-state index contributed by atoms with van der Waals surface area (Å²) in [5.74, 6) is -0.00798. The van der Waals surface area contributed by atoms with E-state index in [1.165, 1.54) is 11.1 Å². The summed E-state index contributed by atoms with van der Waals surface area (Å²) >= 11 is 0. The quantitative estimate of drug-likeness (QED) is 0.0343. The number of nitriles is 1. The van der Waals surface area contributed by atoms with Gasteiger partial charge in [0.15, 0.2) is 6.29 Å². The van der Waals surface area contributed by atoms with E-state index in [9.17, 15) is 24.4 Å². The molecule has 0 radical (unpaired) electrons. The lowest BCUT2D eigenvalue weighted by atomic mass is 10.00. The maximum Gasteiger partial charge on any atom is 0.257 e. The molecule has 6 N–H and O–H groups in total. The second-order valence-electron chi connectivity index (χ2n) is 14.2. The van der Waals surface area contributed by atoms with Crippen molar-refractivity contribution in [2.45, 2.75) is 39.2 Å². The number of piperidine rings is 1. The van der Waals surface area contributed by atoms with Crippen LogP contribution in [0, 0.1) is 18.3 Å². The highest BCUT2D eigenvalue weighted by Crippen LogP contribution is 2.37. The lowest BCUT2D eigenvalue weighted by Crippen LogP contribution is -2.50. The van der Waals surface area contributed by atoms with Crippen molar-refractivity contribution >= 4 is 57.7 Å². The third-order valence-corrected chi connectivity index (χ3v) is 9.79. The lowest BCUT2D eigenvalue weighted by molar-refractivity contribution is -0.125. The Labute approximate surface area is 360 Å². The third-order valence-electron chi connectivity index (χ3n) is 9.79. The van der Waals surface area contributed by atoms with Gasteiger partial charge in [0.1, 0.15) is 30.2 Å². The van der Waals surface area contributed by atoms with Gasteiger partial charge in [-0.25, -0.2) is 0 Å². The van der Waals surface area contributed by atoms with Crippen LogP contribution in [0.25, 0.3) is 10.9 Å². The number of fused-ring (bicyclic) bond motifs is 1. The van der Waals surface area contributed by atoms with E-state index in [2.05, 4.69) is 45.5 Å². The minimum absolute atomic E-state index is 0.0467. The molecule has 3 aromatic carbocycles. The number of anilines is 4. The molecule has 1 atom stereocenters. The smallest absolute Gasteiger partial charge is 0.257 e. The molecule has 4 aromatic rings. The second-order valence-corrected chi connectivity index (χ2v) is 14.2. The zero-order valence-electron chi connectivity index (χ0n) is 35.2. The minimum Gasteiger partial charge on any atom is -0.492 e. The molecule has 1 fully saturated rings. The van der Waals surface area contributed by atoms with Crippen LogP contribution in [-0.4, -0.2) is 93.2 Å². The molecule has 1 aromatic heterocycles. The number of nitrogens with one attached hydrogen (secondary N) is 4. The molecular weight excluding hydrogens is 793 g/mol. The number of ether oxygens (including phenoxy) is 4. The molecule has 0 spiro atoms. The Morgan fingerprint density at radius 3 is 2.58 bits per heavy atom. The van der Waals surface area contributed by atoms with Crippen molar-refractivity contribution in [2.75, 3.05) is 69.2 Å². The highest BCUT2D eigenvalue weighted by Gasteiger charge is 2.32. The highest BCUT2D eigenvalue weighted by atomic mass is 16.5. The van der Waals surface area contributed by atoms with Crippen LogP contribution in [0.5, 0.6) is 11.5 Å². The van der Waals surface area contributed by atoms with Gasteiger partial charge in [0, 0.05) is 59.6 Å². The van der Waals surface area contributed by atoms with Gasteiger partial charge in [-0.2, -0.15) is 5.26 Å². The summed E-state index contributed by atoms with van der Waals surface area (Å²) in [7, 11) is 1.54. The van der Waals surface area contributed by atoms with E-state index >= 15 is 0 Å². The zero-order chi connectivity index (χ0) is 44.6. The summed E-state index contributed by atoms with van der Waals surface area (Å²) in [4.78, 5) is 56.9. The first-order valence-electron chi connectivity index (χ1n) is 20.1. The SMILES string of the molecule is C=C/C=C(\N)COc1ccc(Nc2c(C#N)cnc3cc(OCC)c(NC(=O)CCOCCOCCNc4cccc(C=O)c4C(=O)N(C)C4CCC(=C)NC4=O)cc23)cc1C. The molecular formula is C46H52N8O8. The number of amides is 3. The van der Waals surface area contributed by atoms with Gasteiger partial charge in [-0.05, 0) is 68.7 Å². The molecule has 0 saturated carbocycles. The zero-order valence-corrected chi connectivity index (χ0v) is 35.2. The molecule has 1 aliphatic heterocycles. The number of likely N-dealkylation sites (N-methyl/N-ethyl adjacent to an activating group) is 1. The molecule has 5 rings (SSSR count). The summed E-state index contributed by atoms with van der Waals surface area (Å²) in [6, 6.07) is 15.4. The van der Waals surface area contributed by atoms with Gasteiger partial charge in [-0.1, -0.05) is 31.4 Å². The molecule has 16 heteroatoms. The largest absolute Gasteiger partial charge is 0.492 e. The summed E-state index contributed by atoms with van der Waals surface area (Å²) in [6.45, 7) is 12.9. The normalized spacial score (nSPS) is 13.7. The summed E-state index contributed by atoms with van der Waals surface area (Å²) in [5.41, 5.74) is 11.2. The van der Waals surface area contributed by atoms with Gasteiger partial charge in [0.25, 0.3) is 5.91 Å². The average molecular weight is 845 g/mol. The number of rotatable bonds is 22. The van der Waals surface area contributed by atoms with Crippen LogP contribution in [0.4, 0.5) is 22.7 Å². The van der Waals surface area contributed by atoms with Gasteiger partial charge in [0.2, 0.25) is 11.8 Å². The van der Waals surface area contributed by atoms with Crippen molar-refractivity contribution in [1.29, 1.82) is 5.26 Å². The van der Waals surface area contributed by atoms with Crippen molar-refractivity contribution in [3.05, 3.63) is 114 Å². The van der Waals surface area contributed by atoms with Crippen molar-refractivity contribution in [1.82, 2.24) is 15.2 Å². The molecule has 1 unspecified atom stereocenters. The number of pyridine rings is 1. The van der Waals surface area contributed by atoms with E-state index in [-0.39, 0.29) is 62.4 Å². The number of carbonyl (C=O) groups is 4. The van der Waals surface area contributed by atoms with E-state index in [4.69, 9.17) is 24.7 Å². The molecule has 2 heterocycles. The highest BCUT2D eigenvalue weighted by molar-refractivity contribution is 6.07. The topological polar surface area (TPSA) is 219 Å². The van der Waals surface area contributed by atoms with Gasteiger partial charge < -0.3 is 50.8 Å². The number of allylic oxidation sites excluding steroid dienone is 3. The van der Waals surface area contributed by atoms with Gasteiger partial charge in [-0.3, -0.25) is 24.2 Å². The maximum atomic E-state index is 13.5. The van der Waals surface area contributed by atoms with Crippen LogP contribution in [0.1, 0.15) is 58.0 Å². The molecule has 62 heavy (non-hydrogen) atoms. The van der Waals surface area contributed by atoms with Crippen LogP contribution in [0.3, 0.4) is 0 Å². The van der Waals surface area contributed by atoms with Crippen LogP contribution >= 0.6 is 0 Å². The number of hydrogen-bond acceptors (Lipinski definition) is 13. The number of nitrogens with zero attached hydrogens (tertiary/aromatic N) is 3. The van der Waals surface area contributed by atoms with Crippen LogP contribution in [0.2, 0.25) is 0 Å². The van der Waals surface area contributed by atoms with E-state index in [1.54, 1.807) is 49.5 Å². The molecule has 0 aliphatic carbocycles. The van der Waals surface area contributed by atoms with E-state index < -0.39 is 11.9 Å². The number of aldehydes is 1. The summed E-state index contributed by atoms with van der Waals surface area (Å²) in [5, 5.41) is 22.7. The first-order chi connectivity index (χ1) is 30.0. The number of nitrogens with two attached hydrogens (primary N) is 1. The first kappa shape index (κ1) is 45.9. The Kier molecular flexibility index (Phi) is 16.6. The fourth-order valence-corrected chi connectivity index (χ4v) is 6.67. The van der Waals surface area contributed by atoms with E-state index in [0.29, 0.717) is 94.4 Å². The summed E-state index contributed by atoms with van der Waals surface area (Å²) in [6.07, 6.45) is 6.40. The molecule has 3 amide bonds. The van der Waals surface area contributed by atoms with Gasteiger partial charge >= 0.3 is 0 Å². The van der Waals surface area contributed by atoms with Gasteiger partial charge in [-0.15, -0.1) is 0 Å². The molecule has 1 saturated heterocycles. The Morgan fingerprint density at radius 1 is 1.08 bits per heavy atom. The molecule has 16 nitrogen and oxygen atoms in total. The number of aromatic nitrogens is 1. The molecule has 1 aliphatic rings. The predicted octanol–water partition coefficient (Wildman–Crippen LogP) is 6.12. The Morgan fingerprint density at radius 2 is 1.87 bits per heavy atom. The van der Waals surface area contributed by atoms with Crippen molar-refractivity contribution in [3.63, 3.8) is 0 Å². The van der Waals surface area contributed by atoms with Gasteiger partial charge in [0.05, 0.1) is 67.5 Å². The average Bonchev–Trinajstić information content (AvgIpc) is 3.25. The Balaban J connectivity index is 1.12. The minimum atomic E-state index is -0.688. The third kappa shape index (κ3) is 12.0. The standard InChI is InChI=1S/C46H52N8O8/c1-6-9-33(48)28-62-40-15-13-34(22-29(40)3)52-44-32(25-47)26-50-37-24-41(61-7-2)38(23-35(37)44)53-42(56)16-18-59-20-21-60-19-17-49-36-11-8-10-31(27-55)43(36)46(58)54(5)39-14-12-30(4)51-45(39)57/h6,8-11,13,15,22-24,26-27,39,49H,1,4,7,12,14,16-21,28,48H2,2-3,5H3,(H,50,52)(H,51,57)(H,53,56)/b33-9-. The van der Waals surface area contributed by atoms with Crippen molar-refractivity contribution in [3.8, 4) is 17.6 Å². The summed E-state index contributed by atoms with van der Waals surface area (Å²) < 4.78 is 23.1. The first-order valence-corrected chi connectivity index (χ1v) is 20.1. The van der Waals surface area contributed by atoms with Crippen LogP contribution < -0.4 is 36.5 Å². The maximum absolute atomic E-state index is 13.5. The molecule has 0 bridgehead atoms. The Bertz CT molecular complexity index is 2390. The second kappa shape index (κ2) is 22.4. The molecule has 324 valence electrons. The van der Waals surface area contributed by atoms with E-state index in [0.717, 1.165) is 5.56 Å². The van der Waals surface area contributed by atoms with E-state index in [1.807, 2.05) is 32.0 Å². The lowest BCUT2D eigenvalue weighted by Gasteiger charge is -2.32. The number of benzene rings is 3. The fourth-order valence-electron chi connectivity index (χ4n) is 6.67. The Hall–Kier alpha value is -7.22. The van der Waals surface area contributed by atoms with Crippen LogP contribution in [0.15, 0.2) is 91.4 Å². The van der Waals surface area contributed by atoms with Crippen molar-refractivity contribution in [2.24, 2.45) is 5.73 Å². The monoisotopic (exact) mass is 844 g/mol. The number of hydrogen-bond donors (Lipinski definition) is 5. The number of carbonyl (C=O) groups excluding carboxylic acids is 4. The predicted molar refractivity (Wildman–Crippen MR) is 238 cm³/mol. The van der Waals surface area contributed by atoms with Crippen LogP contribution in [-0.2, 0) is 19.1 Å². The fraction of sp³-hybridized carbons (Fsp3) is 0.304. The number of aryl methyl sites for hydroxylation is 1. The van der Waals surface area contributed by atoms with Crippen molar-refractivity contribution < 1.29 is 38.1 Å².